The summed E-state index contributed by atoms with van der Waals surface area (Å²) >= 11 is 1.61. The smallest absolute Gasteiger partial charge is 0.118 e. The molecule has 1 aromatic rings. The zero-order valence-electron chi connectivity index (χ0n) is 5.70. The molecule has 3 nitrogen and oxygen atoms in total. The molecule has 58 valence electrons. The lowest BCUT2D eigenvalue weighted by Crippen LogP contribution is -2.01. The molecule has 0 aliphatic carbocycles. The summed E-state index contributed by atoms with van der Waals surface area (Å²) < 4.78 is 0. The van der Waals surface area contributed by atoms with E-state index in [1.165, 1.54) is 0 Å². The van der Waals surface area contributed by atoms with Gasteiger partial charge < -0.3 is 5.73 Å². The Bertz CT molecular complexity index is 189. The Kier molecular flexibility index (Phi) is 4.51. The van der Waals surface area contributed by atoms with Crippen LogP contribution in [0.1, 0.15) is 10.0 Å². The van der Waals surface area contributed by atoms with Crippen LogP contribution in [0, 0.1) is 6.92 Å². The Morgan fingerprint density at radius 1 is 1.50 bits per heavy atom. The van der Waals surface area contributed by atoms with Crippen LogP contribution in [0.5, 0.6) is 0 Å². The maximum atomic E-state index is 5.31. The number of nitrogens with zero attached hydrogens (tertiary/aromatic N) is 2. The summed E-state index contributed by atoms with van der Waals surface area (Å²) in [6.07, 6.45) is 0.853. The van der Waals surface area contributed by atoms with E-state index in [1.54, 1.807) is 11.3 Å². The van der Waals surface area contributed by atoms with Crippen LogP contribution in [-0.4, -0.2) is 16.7 Å². The molecule has 0 radical (unpaired) electrons. The van der Waals surface area contributed by atoms with E-state index in [4.69, 9.17) is 5.73 Å². The van der Waals surface area contributed by atoms with Gasteiger partial charge in [-0.15, -0.1) is 33.9 Å². The van der Waals surface area contributed by atoms with E-state index < -0.39 is 0 Å². The van der Waals surface area contributed by atoms with Crippen LogP contribution in [0.2, 0.25) is 0 Å². The summed E-state index contributed by atoms with van der Waals surface area (Å²) in [5.41, 5.74) is 5.31. The Morgan fingerprint density at radius 3 is 2.60 bits per heavy atom. The maximum absolute atomic E-state index is 5.31. The first kappa shape index (κ1) is 9.81. The number of hydrogen-bond donors (Lipinski definition) is 1. The highest BCUT2D eigenvalue weighted by Crippen LogP contribution is 2.06. The minimum Gasteiger partial charge on any atom is -0.330 e. The lowest BCUT2D eigenvalue weighted by Gasteiger charge is -1.83. The number of aromatic nitrogens is 2. The average molecular weight is 180 g/mol. The fraction of sp³-hybridized carbons (Fsp3) is 0.600. The molecule has 2 N–H and O–H groups in total. The largest absolute Gasteiger partial charge is 0.330 e. The molecule has 0 spiro atoms. The number of aryl methyl sites for hydroxylation is 1. The van der Waals surface area contributed by atoms with Gasteiger partial charge in [-0.05, 0) is 13.5 Å². The van der Waals surface area contributed by atoms with Crippen molar-refractivity contribution in [2.75, 3.05) is 6.54 Å². The highest BCUT2D eigenvalue weighted by atomic mass is 35.5. The fourth-order valence-corrected chi connectivity index (χ4v) is 1.29. The van der Waals surface area contributed by atoms with Gasteiger partial charge in [0.2, 0.25) is 0 Å². The number of halogens is 1. The van der Waals surface area contributed by atoms with Crippen molar-refractivity contribution in [1.82, 2.24) is 10.2 Å². The van der Waals surface area contributed by atoms with Crippen molar-refractivity contribution in [1.29, 1.82) is 0 Å². The van der Waals surface area contributed by atoms with Gasteiger partial charge >= 0.3 is 0 Å². The molecule has 1 aromatic heterocycles. The molecule has 0 saturated carbocycles. The first-order valence-corrected chi connectivity index (χ1v) is 3.63. The summed E-state index contributed by atoms with van der Waals surface area (Å²) in [4.78, 5) is 0. The van der Waals surface area contributed by atoms with Crippen molar-refractivity contribution in [3.63, 3.8) is 0 Å². The Hall–Kier alpha value is -0.190. The molecule has 0 amide bonds. The Balaban J connectivity index is 0.000000810. The first-order chi connectivity index (χ1) is 4.33. The van der Waals surface area contributed by atoms with E-state index in [0.717, 1.165) is 16.4 Å². The van der Waals surface area contributed by atoms with E-state index >= 15 is 0 Å². The zero-order chi connectivity index (χ0) is 6.69. The average Bonchev–Trinajstić information content (AvgIpc) is 2.17. The molecule has 10 heavy (non-hydrogen) atoms. The molecule has 1 heterocycles. The summed E-state index contributed by atoms with van der Waals surface area (Å²) in [6, 6.07) is 0. The second-order valence-electron chi connectivity index (χ2n) is 1.75. The maximum Gasteiger partial charge on any atom is 0.118 e. The molecule has 0 fully saturated rings. The van der Waals surface area contributed by atoms with Crippen molar-refractivity contribution in [3.8, 4) is 0 Å². The van der Waals surface area contributed by atoms with E-state index in [2.05, 4.69) is 10.2 Å². The minimum atomic E-state index is 0. The van der Waals surface area contributed by atoms with E-state index in [1.807, 2.05) is 6.92 Å². The van der Waals surface area contributed by atoms with Gasteiger partial charge in [0.1, 0.15) is 10.0 Å². The lowest BCUT2D eigenvalue weighted by atomic mass is 10.5. The van der Waals surface area contributed by atoms with Crippen LogP contribution >= 0.6 is 23.7 Å². The quantitative estimate of drug-likeness (QED) is 0.730. The van der Waals surface area contributed by atoms with Crippen LogP contribution in [0.25, 0.3) is 0 Å². The van der Waals surface area contributed by atoms with Crippen LogP contribution in [0.4, 0.5) is 0 Å². The Morgan fingerprint density at radius 2 is 2.20 bits per heavy atom. The van der Waals surface area contributed by atoms with Crippen LogP contribution < -0.4 is 5.73 Å². The topological polar surface area (TPSA) is 51.8 Å². The summed E-state index contributed by atoms with van der Waals surface area (Å²) in [6.45, 7) is 2.60. The molecule has 5 heteroatoms. The molecule has 0 saturated heterocycles. The van der Waals surface area contributed by atoms with Gasteiger partial charge in [-0.3, -0.25) is 0 Å². The number of hydrogen-bond acceptors (Lipinski definition) is 4. The molecule has 0 aliphatic heterocycles. The normalized spacial score (nSPS) is 9.00. The van der Waals surface area contributed by atoms with Crippen molar-refractivity contribution in [3.05, 3.63) is 10.0 Å². The van der Waals surface area contributed by atoms with Crippen molar-refractivity contribution < 1.29 is 0 Å². The third-order valence-corrected chi connectivity index (χ3v) is 1.82. The first-order valence-electron chi connectivity index (χ1n) is 2.82. The van der Waals surface area contributed by atoms with Crippen molar-refractivity contribution in [2.24, 2.45) is 5.73 Å². The molecule has 0 atom stereocenters. The molecule has 0 unspecified atom stereocenters. The SMILES string of the molecule is Cc1nnc(CCN)s1.Cl. The van der Waals surface area contributed by atoms with Gasteiger partial charge in [-0.2, -0.15) is 0 Å². The van der Waals surface area contributed by atoms with Crippen LogP contribution in [0.3, 0.4) is 0 Å². The monoisotopic (exact) mass is 179 g/mol. The number of rotatable bonds is 2. The number of nitrogens with two attached hydrogens (primary N) is 1. The summed E-state index contributed by atoms with van der Waals surface area (Å²) in [5, 5.41) is 9.79. The second kappa shape index (κ2) is 4.60. The molecule has 0 aromatic carbocycles. The highest BCUT2D eigenvalue weighted by Gasteiger charge is 1.96. The third kappa shape index (κ3) is 2.60. The second-order valence-corrected chi connectivity index (χ2v) is 3.02. The molecular formula is C5H10ClN3S. The van der Waals surface area contributed by atoms with Gasteiger partial charge in [0.05, 0.1) is 0 Å². The van der Waals surface area contributed by atoms with Gasteiger partial charge in [0.15, 0.2) is 0 Å². The third-order valence-electron chi connectivity index (χ3n) is 0.926. The standard InChI is InChI=1S/C5H9N3S.ClH/c1-4-7-8-5(9-4)2-3-6;/h2-3,6H2,1H3;1H. The van der Waals surface area contributed by atoms with Gasteiger partial charge in [-0.1, -0.05) is 0 Å². The van der Waals surface area contributed by atoms with E-state index in [0.29, 0.717) is 6.54 Å². The summed E-state index contributed by atoms with van der Waals surface area (Å²) in [7, 11) is 0. The van der Waals surface area contributed by atoms with Crippen LogP contribution in [0.15, 0.2) is 0 Å². The molecule has 0 bridgehead atoms. The lowest BCUT2D eigenvalue weighted by molar-refractivity contribution is 0.905. The zero-order valence-corrected chi connectivity index (χ0v) is 7.34. The van der Waals surface area contributed by atoms with Gasteiger partial charge in [0, 0.05) is 6.42 Å². The van der Waals surface area contributed by atoms with Gasteiger partial charge in [0.25, 0.3) is 0 Å². The van der Waals surface area contributed by atoms with E-state index in [-0.39, 0.29) is 12.4 Å². The van der Waals surface area contributed by atoms with Crippen molar-refractivity contribution >= 4 is 23.7 Å². The molecular weight excluding hydrogens is 170 g/mol. The molecule has 0 aliphatic rings. The van der Waals surface area contributed by atoms with Crippen LogP contribution in [-0.2, 0) is 6.42 Å². The summed E-state index contributed by atoms with van der Waals surface area (Å²) in [5.74, 6) is 0. The van der Waals surface area contributed by atoms with Gasteiger partial charge in [-0.25, -0.2) is 0 Å². The minimum absolute atomic E-state index is 0. The molecule has 1 rings (SSSR count). The fourth-order valence-electron chi connectivity index (χ4n) is 0.562. The predicted octanol–water partition coefficient (Wildman–Crippen LogP) is 0.770. The van der Waals surface area contributed by atoms with E-state index in [9.17, 15) is 0 Å². The Labute approximate surface area is 70.1 Å². The highest BCUT2D eigenvalue weighted by molar-refractivity contribution is 7.11. The van der Waals surface area contributed by atoms with Crippen molar-refractivity contribution in [2.45, 2.75) is 13.3 Å². The predicted molar refractivity (Wildman–Crippen MR) is 44.7 cm³/mol.